The summed E-state index contributed by atoms with van der Waals surface area (Å²) in [5.74, 6) is 0.883. The number of carboxylic acid groups (broad SMARTS) is 1. The molecule has 0 atom stereocenters. The van der Waals surface area contributed by atoms with Gasteiger partial charge in [-0.1, -0.05) is 0 Å². The quantitative estimate of drug-likeness (QED) is 0.823. The number of carboxylic acids is 1. The fraction of sp³-hybridized carbons (Fsp3) is 0.692. The third-order valence-electron chi connectivity index (χ3n) is 3.49. The van der Waals surface area contributed by atoms with Crippen molar-refractivity contribution in [2.45, 2.75) is 32.1 Å². The Morgan fingerprint density at radius 1 is 1.33 bits per heavy atom. The fourth-order valence-electron chi connectivity index (χ4n) is 2.13. The molecule has 1 heterocycles. The molecular formula is C13H18N2O2S. The van der Waals surface area contributed by atoms with E-state index in [1.165, 1.54) is 25.7 Å². The Balaban J connectivity index is 1.66. The van der Waals surface area contributed by atoms with Gasteiger partial charge < -0.3 is 10.0 Å². The Kier molecular flexibility index (Phi) is 3.24. The number of rotatable bonds is 7. The number of nitrogens with zero attached hydrogens (tertiary/aromatic N) is 2. The molecule has 5 heteroatoms. The van der Waals surface area contributed by atoms with Crippen molar-refractivity contribution in [3.8, 4) is 0 Å². The van der Waals surface area contributed by atoms with Crippen molar-refractivity contribution >= 4 is 22.4 Å². The van der Waals surface area contributed by atoms with Gasteiger partial charge in [-0.05, 0) is 37.5 Å². The van der Waals surface area contributed by atoms with Crippen LogP contribution in [0.1, 0.15) is 31.4 Å². The van der Waals surface area contributed by atoms with E-state index in [1.807, 2.05) is 5.38 Å². The van der Waals surface area contributed by atoms with E-state index in [4.69, 9.17) is 5.11 Å². The molecule has 0 radical (unpaired) electrons. The van der Waals surface area contributed by atoms with Crippen LogP contribution in [0.5, 0.6) is 0 Å². The van der Waals surface area contributed by atoms with Gasteiger partial charge in [0, 0.05) is 18.5 Å². The van der Waals surface area contributed by atoms with E-state index in [1.54, 1.807) is 11.3 Å². The number of aromatic nitrogens is 1. The van der Waals surface area contributed by atoms with Crippen LogP contribution in [0.3, 0.4) is 0 Å². The summed E-state index contributed by atoms with van der Waals surface area (Å²) in [6.07, 6.45) is 5.41. The SMILES string of the molecule is O=C(O)Cc1csc(N(CC2CC2)CC2CC2)n1. The Morgan fingerprint density at radius 3 is 2.44 bits per heavy atom. The minimum Gasteiger partial charge on any atom is -0.481 e. The van der Waals surface area contributed by atoms with E-state index in [9.17, 15) is 4.79 Å². The number of thiazole rings is 1. The topological polar surface area (TPSA) is 53.4 Å². The lowest BCUT2D eigenvalue weighted by atomic mass is 10.3. The number of carbonyl (C=O) groups is 1. The molecule has 2 fully saturated rings. The largest absolute Gasteiger partial charge is 0.481 e. The zero-order chi connectivity index (χ0) is 12.5. The molecule has 2 aliphatic carbocycles. The first-order valence-electron chi connectivity index (χ1n) is 6.62. The highest BCUT2D eigenvalue weighted by Gasteiger charge is 2.30. The third-order valence-corrected chi connectivity index (χ3v) is 4.44. The Labute approximate surface area is 111 Å². The first-order chi connectivity index (χ1) is 8.70. The van der Waals surface area contributed by atoms with Crippen LogP contribution in [0.2, 0.25) is 0 Å². The summed E-state index contributed by atoms with van der Waals surface area (Å²) in [5.41, 5.74) is 0.694. The summed E-state index contributed by atoms with van der Waals surface area (Å²) >= 11 is 1.59. The van der Waals surface area contributed by atoms with Gasteiger partial charge in [-0.25, -0.2) is 4.98 Å². The maximum absolute atomic E-state index is 10.7. The van der Waals surface area contributed by atoms with Crippen molar-refractivity contribution in [3.05, 3.63) is 11.1 Å². The van der Waals surface area contributed by atoms with E-state index < -0.39 is 5.97 Å². The number of aliphatic carboxylic acids is 1. The molecule has 18 heavy (non-hydrogen) atoms. The lowest BCUT2D eigenvalue weighted by Crippen LogP contribution is -2.28. The molecule has 3 rings (SSSR count). The molecule has 4 nitrogen and oxygen atoms in total. The normalized spacial score (nSPS) is 18.9. The van der Waals surface area contributed by atoms with Crippen molar-refractivity contribution in [1.82, 2.24) is 4.98 Å². The smallest absolute Gasteiger partial charge is 0.309 e. The van der Waals surface area contributed by atoms with Gasteiger partial charge in [-0.2, -0.15) is 0 Å². The molecule has 1 aromatic heterocycles. The van der Waals surface area contributed by atoms with Crippen LogP contribution in [-0.2, 0) is 11.2 Å². The molecule has 1 N–H and O–H groups in total. The summed E-state index contributed by atoms with van der Waals surface area (Å²) in [7, 11) is 0. The molecule has 0 aliphatic heterocycles. The highest BCUT2D eigenvalue weighted by atomic mass is 32.1. The lowest BCUT2D eigenvalue weighted by Gasteiger charge is -2.21. The monoisotopic (exact) mass is 266 g/mol. The molecule has 0 aromatic carbocycles. The molecule has 0 saturated heterocycles. The molecule has 2 saturated carbocycles. The second-order valence-corrected chi connectivity index (χ2v) is 6.32. The summed E-state index contributed by atoms with van der Waals surface area (Å²) in [4.78, 5) is 17.5. The van der Waals surface area contributed by atoms with Crippen molar-refractivity contribution in [3.63, 3.8) is 0 Å². The summed E-state index contributed by atoms with van der Waals surface area (Å²) in [6, 6.07) is 0. The van der Waals surface area contributed by atoms with E-state index in [2.05, 4.69) is 9.88 Å². The van der Waals surface area contributed by atoms with Gasteiger partial charge in [0.25, 0.3) is 0 Å². The van der Waals surface area contributed by atoms with Crippen LogP contribution < -0.4 is 4.90 Å². The van der Waals surface area contributed by atoms with Crippen LogP contribution in [0.15, 0.2) is 5.38 Å². The maximum atomic E-state index is 10.7. The molecule has 0 amide bonds. The second kappa shape index (κ2) is 4.88. The van der Waals surface area contributed by atoms with E-state index >= 15 is 0 Å². The Morgan fingerprint density at radius 2 is 1.94 bits per heavy atom. The predicted octanol–water partition coefficient (Wildman–Crippen LogP) is 2.40. The molecule has 1 aromatic rings. The van der Waals surface area contributed by atoms with Gasteiger partial charge in [0.05, 0.1) is 12.1 Å². The van der Waals surface area contributed by atoms with E-state index in [0.29, 0.717) is 5.69 Å². The standard InChI is InChI=1S/C13H18N2O2S/c16-12(17)5-11-8-18-13(14-11)15(6-9-1-2-9)7-10-3-4-10/h8-10H,1-7H2,(H,16,17). The Hall–Kier alpha value is -1.10. The summed E-state index contributed by atoms with van der Waals surface area (Å²) in [5, 5.41) is 11.7. The van der Waals surface area contributed by atoms with Crippen molar-refractivity contribution in [1.29, 1.82) is 0 Å². The summed E-state index contributed by atoms with van der Waals surface area (Å²) < 4.78 is 0. The minimum atomic E-state index is -0.803. The Bertz CT molecular complexity index is 424. The number of hydrogen-bond acceptors (Lipinski definition) is 4. The molecule has 98 valence electrons. The van der Waals surface area contributed by atoms with Crippen LogP contribution in [-0.4, -0.2) is 29.1 Å². The first-order valence-corrected chi connectivity index (χ1v) is 7.50. The van der Waals surface area contributed by atoms with Gasteiger partial charge in [0.2, 0.25) is 0 Å². The van der Waals surface area contributed by atoms with E-state index in [0.717, 1.165) is 30.1 Å². The van der Waals surface area contributed by atoms with Crippen LogP contribution in [0.25, 0.3) is 0 Å². The third kappa shape index (κ3) is 3.22. The second-order valence-electron chi connectivity index (χ2n) is 5.48. The lowest BCUT2D eigenvalue weighted by molar-refractivity contribution is -0.136. The summed E-state index contributed by atoms with van der Waals surface area (Å²) in [6.45, 7) is 2.22. The van der Waals surface area contributed by atoms with Gasteiger partial charge in [0.1, 0.15) is 0 Å². The van der Waals surface area contributed by atoms with E-state index in [-0.39, 0.29) is 6.42 Å². The molecular weight excluding hydrogens is 248 g/mol. The zero-order valence-corrected chi connectivity index (χ0v) is 11.2. The van der Waals surface area contributed by atoms with Crippen molar-refractivity contribution in [2.75, 3.05) is 18.0 Å². The number of hydrogen-bond donors (Lipinski definition) is 1. The molecule has 0 spiro atoms. The molecule has 0 unspecified atom stereocenters. The number of anilines is 1. The van der Waals surface area contributed by atoms with Crippen molar-refractivity contribution < 1.29 is 9.90 Å². The van der Waals surface area contributed by atoms with Gasteiger partial charge >= 0.3 is 5.97 Å². The van der Waals surface area contributed by atoms with Crippen LogP contribution >= 0.6 is 11.3 Å². The average Bonchev–Trinajstić information content (AvgIpc) is 3.22. The maximum Gasteiger partial charge on any atom is 0.309 e. The zero-order valence-electron chi connectivity index (χ0n) is 10.3. The van der Waals surface area contributed by atoms with Crippen LogP contribution in [0, 0.1) is 11.8 Å². The van der Waals surface area contributed by atoms with Crippen LogP contribution in [0.4, 0.5) is 5.13 Å². The minimum absolute atomic E-state index is 0.0389. The average molecular weight is 266 g/mol. The van der Waals surface area contributed by atoms with Gasteiger partial charge in [-0.3, -0.25) is 4.79 Å². The first kappa shape index (κ1) is 12.0. The molecule has 0 bridgehead atoms. The van der Waals surface area contributed by atoms with Gasteiger partial charge in [-0.15, -0.1) is 11.3 Å². The highest BCUT2D eigenvalue weighted by molar-refractivity contribution is 7.13. The predicted molar refractivity (Wildman–Crippen MR) is 71.1 cm³/mol. The highest BCUT2D eigenvalue weighted by Crippen LogP contribution is 2.36. The van der Waals surface area contributed by atoms with Gasteiger partial charge in [0.15, 0.2) is 5.13 Å². The molecule has 2 aliphatic rings. The fourth-order valence-corrected chi connectivity index (χ4v) is 2.98. The van der Waals surface area contributed by atoms with Crippen molar-refractivity contribution in [2.24, 2.45) is 11.8 Å².